The van der Waals surface area contributed by atoms with E-state index in [0.717, 1.165) is 34.0 Å². The van der Waals surface area contributed by atoms with E-state index in [2.05, 4.69) is 32.4 Å². The van der Waals surface area contributed by atoms with Crippen LogP contribution in [0.3, 0.4) is 0 Å². The van der Waals surface area contributed by atoms with Gasteiger partial charge in [-0.25, -0.2) is 4.98 Å². The highest BCUT2D eigenvalue weighted by molar-refractivity contribution is 5.79. The lowest BCUT2D eigenvalue weighted by Gasteiger charge is -2.26. The van der Waals surface area contributed by atoms with Gasteiger partial charge in [-0.05, 0) is 27.7 Å². The van der Waals surface area contributed by atoms with Gasteiger partial charge in [0.1, 0.15) is 12.1 Å². The number of aryl methyl sites for hydroxylation is 3. The molecule has 1 saturated heterocycles. The molecule has 1 amide bonds. The molecule has 4 rings (SSSR count). The molecule has 3 aromatic rings. The molecule has 9 nitrogen and oxygen atoms in total. The van der Waals surface area contributed by atoms with Crippen LogP contribution in [0.5, 0.6) is 0 Å². The smallest absolute Gasteiger partial charge is 0.254 e. The van der Waals surface area contributed by atoms with E-state index >= 15 is 0 Å². The molecule has 1 fully saturated rings. The molecule has 0 spiro atoms. The highest BCUT2D eigenvalue weighted by Crippen LogP contribution is 2.39. The summed E-state index contributed by atoms with van der Waals surface area (Å²) >= 11 is 0. The summed E-state index contributed by atoms with van der Waals surface area (Å²) in [4.78, 5) is 23.1. The van der Waals surface area contributed by atoms with E-state index in [9.17, 15) is 4.79 Å². The predicted octanol–water partition coefficient (Wildman–Crippen LogP) is 1.72. The molecule has 2 atom stereocenters. The number of rotatable bonds is 4. The Balaban J connectivity index is 1.67. The number of hydrogen-bond donors (Lipinski definition) is 1. The van der Waals surface area contributed by atoms with Crippen LogP contribution in [0.25, 0.3) is 5.78 Å². The number of amides is 1. The summed E-state index contributed by atoms with van der Waals surface area (Å²) in [5.74, 6) is 1.74. The Morgan fingerprint density at radius 3 is 2.61 bits per heavy atom. The standard InChI is InChI=1S/C19H26N8O/c1-10-11(2)23-19-21-9-22-27(19)18(10)20-8-14-7-15(28)25(5)17(14)16-12(3)24-26(6)13(16)4/h9,14,17,20H,7-8H2,1-6H3/t14-,17+/m0/s1. The summed E-state index contributed by atoms with van der Waals surface area (Å²) in [5.41, 5.74) is 5.17. The van der Waals surface area contributed by atoms with Gasteiger partial charge in [0.15, 0.2) is 0 Å². The number of nitrogens with zero attached hydrogens (tertiary/aromatic N) is 7. The van der Waals surface area contributed by atoms with Gasteiger partial charge in [-0.3, -0.25) is 9.48 Å². The average Bonchev–Trinajstić information content (AvgIpc) is 3.28. The third-order valence-electron chi connectivity index (χ3n) is 5.99. The number of aromatic nitrogens is 6. The monoisotopic (exact) mass is 382 g/mol. The van der Waals surface area contributed by atoms with E-state index in [0.29, 0.717) is 18.7 Å². The second-order valence-electron chi connectivity index (χ2n) is 7.65. The van der Waals surface area contributed by atoms with Crippen molar-refractivity contribution in [2.45, 2.75) is 40.2 Å². The zero-order valence-electron chi connectivity index (χ0n) is 17.2. The maximum Gasteiger partial charge on any atom is 0.254 e. The first kappa shape index (κ1) is 18.4. The molecule has 0 saturated carbocycles. The van der Waals surface area contributed by atoms with E-state index in [-0.39, 0.29) is 17.9 Å². The molecular weight excluding hydrogens is 356 g/mol. The van der Waals surface area contributed by atoms with Crippen LogP contribution in [0, 0.1) is 33.6 Å². The van der Waals surface area contributed by atoms with E-state index < -0.39 is 0 Å². The van der Waals surface area contributed by atoms with Gasteiger partial charge in [0.2, 0.25) is 5.91 Å². The Morgan fingerprint density at radius 2 is 1.93 bits per heavy atom. The van der Waals surface area contributed by atoms with E-state index in [1.165, 1.54) is 6.33 Å². The molecule has 0 bridgehead atoms. The minimum atomic E-state index is 0.00294. The first-order valence-corrected chi connectivity index (χ1v) is 9.46. The van der Waals surface area contributed by atoms with Gasteiger partial charge in [-0.2, -0.15) is 19.7 Å². The van der Waals surface area contributed by atoms with Gasteiger partial charge in [-0.1, -0.05) is 0 Å². The summed E-state index contributed by atoms with van der Waals surface area (Å²) in [6.45, 7) is 8.70. The molecule has 148 valence electrons. The molecule has 0 radical (unpaired) electrons. The van der Waals surface area contributed by atoms with Crippen LogP contribution in [0.1, 0.15) is 40.7 Å². The molecular formula is C19H26N8O. The number of hydrogen-bond acceptors (Lipinski definition) is 6. The fourth-order valence-corrected chi connectivity index (χ4v) is 4.25. The number of likely N-dealkylation sites (tertiary alicyclic amines) is 1. The molecule has 9 heteroatoms. The number of fused-ring (bicyclic) bond motifs is 1. The van der Waals surface area contributed by atoms with Gasteiger partial charge < -0.3 is 10.2 Å². The van der Waals surface area contributed by atoms with Crippen molar-refractivity contribution in [2.75, 3.05) is 18.9 Å². The van der Waals surface area contributed by atoms with Gasteiger partial charge in [0, 0.05) is 55.5 Å². The van der Waals surface area contributed by atoms with Crippen molar-refractivity contribution in [1.82, 2.24) is 34.3 Å². The van der Waals surface area contributed by atoms with Gasteiger partial charge in [0.05, 0.1) is 11.7 Å². The van der Waals surface area contributed by atoms with Gasteiger partial charge >= 0.3 is 0 Å². The molecule has 0 aromatic carbocycles. The fraction of sp³-hybridized carbons (Fsp3) is 0.526. The molecule has 4 heterocycles. The molecule has 0 aliphatic carbocycles. The summed E-state index contributed by atoms with van der Waals surface area (Å²) < 4.78 is 3.61. The quantitative estimate of drug-likeness (QED) is 0.739. The number of anilines is 1. The number of carbonyl (C=O) groups is 1. The lowest BCUT2D eigenvalue weighted by molar-refractivity contribution is -0.127. The van der Waals surface area contributed by atoms with Crippen molar-refractivity contribution in [3.05, 3.63) is 34.5 Å². The predicted molar refractivity (Wildman–Crippen MR) is 105 cm³/mol. The van der Waals surface area contributed by atoms with Crippen LogP contribution in [-0.2, 0) is 11.8 Å². The first-order valence-electron chi connectivity index (χ1n) is 9.46. The van der Waals surface area contributed by atoms with Crippen LogP contribution in [0.15, 0.2) is 6.33 Å². The molecule has 1 N–H and O–H groups in total. The topological polar surface area (TPSA) is 93.2 Å². The Hall–Kier alpha value is -2.97. The molecule has 0 unspecified atom stereocenters. The third kappa shape index (κ3) is 2.73. The van der Waals surface area contributed by atoms with E-state index in [4.69, 9.17) is 0 Å². The largest absolute Gasteiger partial charge is 0.369 e. The summed E-state index contributed by atoms with van der Waals surface area (Å²) in [6, 6.07) is 0.00294. The average molecular weight is 382 g/mol. The van der Waals surface area contributed by atoms with Crippen molar-refractivity contribution < 1.29 is 4.79 Å². The second-order valence-corrected chi connectivity index (χ2v) is 7.65. The lowest BCUT2D eigenvalue weighted by Crippen LogP contribution is -2.28. The van der Waals surface area contributed by atoms with E-state index in [1.807, 2.05) is 44.4 Å². The molecule has 28 heavy (non-hydrogen) atoms. The van der Waals surface area contributed by atoms with Gasteiger partial charge in [0.25, 0.3) is 5.78 Å². The van der Waals surface area contributed by atoms with Crippen molar-refractivity contribution in [1.29, 1.82) is 0 Å². The maximum absolute atomic E-state index is 12.5. The van der Waals surface area contributed by atoms with Crippen molar-refractivity contribution in [3.8, 4) is 0 Å². The van der Waals surface area contributed by atoms with Crippen molar-refractivity contribution >= 4 is 17.5 Å². The van der Waals surface area contributed by atoms with Crippen molar-refractivity contribution in [3.63, 3.8) is 0 Å². The fourth-order valence-electron chi connectivity index (χ4n) is 4.25. The number of nitrogens with one attached hydrogen (secondary N) is 1. The zero-order valence-corrected chi connectivity index (χ0v) is 17.2. The van der Waals surface area contributed by atoms with Crippen LogP contribution in [0.4, 0.5) is 5.82 Å². The van der Waals surface area contributed by atoms with Crippen LogP contribution < -0.4 is 5.32 Å². The molecule has 1 aliphatic heterocycles. The first-order chi connectivity index (χ1) is 13.3. The molecule has 1 aliphatic rings. The summed E-state index contributed by atoms with van der Waals surface area (Å²) in [5, 5.41) is 12.4. The Bertz CT molecular complexity index is 1070. The second kappa shape index (κ2) is 6.57. The lowest BCUT2D eigenvalue weighted by atomic mass is 9.92. The van der Waals surface area contributed by atoms with Crippen molar-refractivity contribution in [2.24, 2.45) is 13.0 Å². The SMILES string of the molecule is Cc1nc2ncnn2c(NC[C@@H]2CC(=O)N(C)[C@H]2c2c(C)nn(C)c2C)c1C. The summed E-state index contributed by atoms with van der Waals surface area (Å²) in [6.07, 6.45) is 2.01. The van der Waals surface area contributed by atoms with Gasteiger partial charge in [-0.15, -0.1) is 0 Å². The Labute approximate surface area is 163 Å². The van der Waals surface area contributed by atoms with E-state index in [1.54, 1.807) is 4.52 Å². The number of carbonyl (C=O) groups excluding carboxylic acids is 1. The van der Waals surface area contributed by atoms with Crippen LogP contribution in [0.2, 0.25) is 0 Å². The minimum absolute atomic E-state index is 0.00294. The van der Waals surface area contributed by atoms with Crippen LogP contribution in [-0.4, -0.2) is 53.8 Å². The highest BCUT2D eigenvalue weighted by Gasteiger charge is 2.41. The third-order valence-corrected chi connectivity index (χ3v) is 5.99. The summed E-state index contributed by atoms with van der Waals surface area (Å²) in [7, 11) is 3.83. The zero-order chi connectivity index (χ0) is 20.2. The minimum Gasteiger partial charge on any atom is -0.369 e. The molecule has 3 aromatic heterocycles. The maximum atomic E-state index is 12.5. The normalized spacial score (nSPS) is 19.8. The van der Waals surface area contributed by atoms with Crippen LogP contribution >= 0.6 is 0 Å². The Morgan fingerprint density at radius 1 is 1.18 bits per heavy atom. The Kier molecular flexibility index (Phi) is 4.32. The highest BCUT2D eigenvalue weighted by atomic mass is 16.2.